The minimum absolute atomic E-state index is 0.150. The molecule has 0 spiro atoms. The van der Waals surface area contributed by atoms with Crippen LogP contribution in [-0.4, -0.2) is 63.4 Å². The first-order valence-electron chi connectivity index (χ1n) is 9.65. The van der Waals surface area contributed by atoms with Gasteiger partial charge in [-0.2, -0.15) is 0 Å². The number of carbonyl (C=O) groups excluding carboxylic acids is 2. The third-order valence-electron chi connectivity index (χ3n) is 5.41. The summed E-state index contributed by atoms with van der Waals surface area (Å²) in [5.74, 6) is -0.821. The highest BCUT2D eigenvalue weighted by molar-refractivity contribution is 7.96. The largest absolute Gasteiger partial charge is 0.465 e. The zero-order chi connectivity index (χ0) is 21.3. The Labute approximate surface area is 175 Å². The highest BCUT2D eigenvalue weighted by Gasteiger charge is 2.37. The molecule has 1 amide bonds. The molecule has 0 aliphatic carbocycles. The van der Waals surface area contributed by atoms with E-state index in [-0.39, 0.29) is 15.8 Å². The Morgan fingerprint density at radius 3 is 2.43 bits per heavy atom. The van der Waals surface area contributed by atoms with Gasteiger partial charge in [-0.3, -0.25) is 9.69 Å². The maximum atomic E-state index is 12.9. The molecule has 2 heterocycles. The number of methoxy groups -OCH3 is 1. The number of rotatable bonds is 4. The minimum Gasteiger partial charge on any atom is -0.465 e. The molecule has 30 heavy (non-hydrogen) atoms. The van der Waals surface area contributed by atoms with E-state index in [0.29, 0.717) is 43.9 Å². The van der Waals surface area contributed by atoms with Crippen molar-refractivity contribution in [3.63, 3.8) is 0 Å². The first kappa shape index (κ1) is 20.3. The topological polar surface area (TPSA) is 84.0 Å². The van der Waals surface area contributed by atoms with Gasteiger partial charge in [0.25, 0.3) is 5.91 Å². The molecule has 7 nitrogen and oxygen atoms in total. The number of hydrogen-bond acceptors (Lipinski definition) is 6. The number of esters is 1. The molecular weight excluding hydrogens is 404 g/mol. The SMILES string of the molecule is COC(=O)c1cccc(CN2CCN(C(=O)C3=Cc4ccccc4S3(=O)=O)CC2)c1. The average Bonchev–Trinajstić information content (AvgIpc) is 3.04. The van der Waals surface area contributed by atoms with Crippen LogP contribution in [0.15, 0.2) is 58.3 Å². The quantitative estimate of drug-likeness (QED) is 0.695. The molecular formula is C22H22N2O5S. The van der Waals surface area contributed by atoms with E-state index in [2.05, 4.69) is 4.90 Å². The predicted molar refractivity (Wildman–Crippen MR) is 111 cm³/mol. The Bertz CT molecular complexity index is 1130. The number of sulfone groups is 1. The lowest BCUT2D eigenvalue weighted by molar-refractivity contribution is -0.128. The fourth-order valence-corrected chi connectivity index (χ4v) is 5.37. The van der Waals surface area contributed by atoms with Gasteiger partial charge in [0.2, 0.25) is 9.84 Å². The van der Waals surface area contributed by atoms with Crippen molar-refractivity contribution in [2.24, 2.45) is 0 Å². The smallest absolute Gasteiger partial charge is 0.337 e. The van der Waals surface area contributed by atoms with Crippen LogP contribution >= 0.6 is 0 Å². The Hall–Kier alpha value is -2.97. The van der Waals surface area contributed by atoms with Crippen LogP contribution in [0.2, 0.25) is 0 Å². The normalized spacial score (nSPS) is 17.9. The number of benzene rings is 2. The Morgan fingerprint density at radius 1 is 1.00 bits per heavy atom. The lowest BCUT2D eigenvalue weighted by Crippen LogP contribution is -2.49. The molecule has 1 saturated heterocycles. The molecule has 2 aliphatic rings. The van der Waals surface area contributed by atoms with Gasteiger partial charge in [0.1, 0.15) is 4.91 Å². The van der Waals surface area contributed by atoms with E-state index in [0.717, 1.165) is 5.56 Å². The molecule has 8 heteroatoms. The first-order chi connectivity index (χ1) is 14.4. The minimum atomic E-state index is -3.76. The van der Waals surface area contributed by atoms with Crippen molar-refractivity contribution in [2.45, 2.75) is 11.4 Å². The summed E-state index contributed by atoms with van der Waals surface area (Å²) >= 11 is 0. The Balaban J connectivity index is 1.40. The van der Waals surface area contributed by atoms with Crippen LogP contribution in [0.1, 0.15) is 21.5 Å². The summed E-state index contributed by atoms with van der Waals surface area (Å²) in [5.41, 5.74) is 2.04. The molecule has 1 fully saturated rings. The number of fused-ring (bicyclic) bond motifs is 1. The Kier molecular flexibility index (Phi) is 5.44. The molecule has 0 aromatic heterocycles. The zero-order valence-electron chi connectivity index (χ0n) is 16.6. The second-order valence-corrected chi connectivity index (χ2v) is 9.20. The van der Waals surface area contributed by atoms with E-state index in [1.165, 1.54) is 19.3 Å². The third kappa shape index (κ3) is 3.76. The third-order valence-corrected chi connectivity index (χ3v) is 7.23. The van der Waals surface area contributed by atoms with Gasteiger partial charge in [-0.05, 0) is 35.4 Å². The molecule has 0 N–H and O–H groups in total. The van der Waals surface area contributed by atoms with E-state index in [4.69, 9.17) is 4.74 Å². The van der Waals surface area contributed by atoms with Crippen LogP contribution in [0, 0.1) is 0 Å². The van der Waals surface area contributed by atoms with Crippen LogP contribution < -0.4 is 0 Å². The zero-order valence-corrected chi connectivity index (χ0v) is 17.4. The molecule has 4 rings (SSSR count). The maximum absolute atomic E-state index is 12.9. The van der Waals surface area contributed by atoms with Crippen molar-refractivity contribution in [2.75, 3.05) is 33.3 Å². The van der Waals surface area contributed by atoms with Crippen LogP contribution in [-0.2, 0) is 25.9 Å². The van der Waals surface area contributed by atoms with Crippen molar-refractivity contribution in [1.29, 1.82) is 0 Å². The fraction of sp³-hybridized carbons (Fsp3) is 0.273. The maximum Gasteiger partial charge on any atom is 0.337 e. The van der Waals surface area contributed by atoms with Gasteiger partial charge in [-0.1, -0.05) is 30.3 Å². The van der Waals surface area contributed by atoms with Gasteiger partial charge < -0.3 is 9.64 Å². The van der Waals surface area contributed by atoms with Crippen LogP contribution in [0.3, 0.4) is 0 Å². The van der Waals surface area contributed by atoms with Gasteiger partial charge >= 0.3 is 5.97 Å². The molecule has 0 radical (unpaired) electrons. The summed E-state index contributed by atoms with van der Waals surface area (Å²) in [4.78, 5) is 28.4. The molecule has 0 atom stereocenters. The second-order valence-electron chi connectivity index (χ2n) is 7.31. The standard InChI is InChI=1S/C22H22N2O5S/c1-29-22(26)18-7-4-5-16(13-18)15-23-9-11-24(12-10-23)21(25)20-14-17-6-2-3-8-19(17)30(20,27)28/h2-8,13-14H,9-12,15H2,1H3. The summed E-state index contributed by atoms with van der Waals surface area (Å²) in [6.07, 6.45) is 1.47. The Morgan fingerprint density at radius 2 is 1.73 bits per heavy atom. The molecule has 2 aliphatic heterocycles. The van der Waals surface area contributed by atoms with Crippen molar-refractivity contribution in [3.05, 3.63) is 70.1 Å². The molecule has 0 bridgehead atoms. The van der Waals surface area contributed by atoms with E-state index in [9.17, 15) is 18.0 Å². The summed E-state index contributed by atoms with van der Waals surface area (Å²) in [6.45, 7) is 2.76. The van der Waals surface area contributed by atoms with E-state index in [1.54, 1.807) is 35.2 Å². The molecule has 2 aromatic rings. The van der Waals surface area contributed by atoms with Crippen LogP contribution in [0.4, 0.5) is 0 Å². The number of amides is 1. The lowest BCUT2D eigenvalue weighted by atomic mass is 10.1. The van der Waals surface area contributed by atoms with Gasteiger partial charge in [-0.25, -0.2) is 13.2 Å². The average molecular weight is 426 g/mol. The molecule has 2 aromatic carbocycles. The number of carbonyl (C=O) groups is 2. The number of nitrogens with zero attached hydrogens (tertiary/aromatic N) is 2. The molecule has 0 unspecified atom stereocenters. The summed E-state index contributed by atoms with van der Waals surface area (Å²) in [6, 6.07) is 13.9. The highest BCUT2D eigenvalue weighted by Crippen LogP contribution is 2.33. The van der Waals surface area contributed by atoms with Crippen molar-refractivity contribution in [3.8, 4) is 0 Å². The number of ether oxygens (including phenoxy) is 1. The lowest BCUT2D eigenvalue weighted by Gasteiger charge is -2.34. The van der Waals surface area contributed by atoms with Gasteiger partial charge in [0.15, 0.2) is 0 Å². The number of hydrogen-bond donors (Lipinski definition) is 0. The summed E-state index contributed by atoms with van der Waals surface area (Å²) in [7, 11) is -2.41. The van der Waals surface area contributed by atoms with E-state index >= 15 is 0 Å². The van der Waals surface area contributed by atoms with Crippen molar-refractivity contribution < 1.29 is 22.7 Å². The van der Waals surface area contributed by atoms with Crippen LogP contribution in [0.5, 0.6) is 0 Å². The van der Waals surface area contributed by atoms with Gasteiger partial charge in [0.05, 0.1) is 17.6 Å². The van der Waals surface area contributed by atoms with Gasteiger partial charge in [-0.15, -0.1) is 0 Å². The predicted octanol–water partition coefficient (Wildman–Crippen LogP) is 1.95. The summed E-state index contributed by atoms with van der Waals surface area (Å²) < 4.78 is 30.2. The highest BCUT2D eigenvalue weighted by atomic mass is 32.2. The second kappa shape index (κ2) is 8.04. The van der Waals surface area contributed by atoms with Gasteiger partial charge in [0, 0.05) is 32.7 Å². The molecule has 156 valence electrons. The molecule has 0 saturated carbocycles. The fourth-order valence-electron chi connectivity index (χ4n) is 3.80. The first-order valence-corrected chi connectivity index (χ1v) is 11.1. The van der Waals surface area contributed by atoms with Crippen LogP contribution in [0.25, 0.3) is 6.08 Å². The summed E-state index contributed by atoms with van der Waals surface area (Å²) in [5, 5.41) is 0. The van der Waals surface area contributed by atoms with E-state index < -0.39 is 15.7 Å². The number of piperazine rings is 1. The monoisotopic (exact) mass is 426 g/mol. The van der Waals surface area contributed by atoms with Crippen molar-refractivity contribution in [1.82, 2.24) is 9.80 Å². The van der Waals surface area contributed by atoms with Crippen molar-refractivity contribution >= 4 is 27.8 Å². The van der Waals surface area contributed by atoms with E-state index in [1.807, 2.05) is 12.1 Å².